The highest BCUT2D eigenvalue weighted by molar-refractivity contribution is 7.13. The van der Waals surface area contributed by atoms with Gasteiger partial charge in [0.05, 0.1) is 6.54 Å². The number of piperidine rings is 1. The first-order valence-electron chi connectivity index (χ1n) is 7.89. The van der Waals surface area contributed by atoms with Crippen molar-refractivity contribution in [1.82, 2.24) is 24.8 Å². The molecule has 3 aromatic heterocycles. The van der Waals surface area contributed by atoms with Gasteiger partial charge in [0.15, 0.2) is 11.2 Å². The molecule has 1 fully saturated rings. The number of fused-ring (bicyclic) bond motifs is 1. The standard InChI is InChI=1S/C16H20N6S/c1-11-4-7-22(16-18-6-8-23-16)9-13(11)21(2)15-12-3-5-17-14(12)19-10-20-15/h3,5-6,8,10-11,13H,4,7,9H2,1-2H3,(H,17,19,20)/q+1. The van der Waals surface area contributed by atoms with Gasteiger partial charge in [-0.25, -0.2) is 9.97 Å². The zero-order valence-electron chi connectivity index (χ0n) is 13.3. The zero-order valence-corrected chi connectivity index (χ0v) is 14.1. The minimum atomic E-state index is 0.403. The Bertz CT molecular complexity index is 783. The molecular formula is C16H20N6S+. The highest BCUT2D eigenvalue weighted by Gasteiger charge is 2.39. The number of H-pyrrole nitrogens is 1. The van der Waals surface area contributed by atoms with Gasteiger partial charge in [0.2, 0.25) is 0 Å². The summed E-state index contributed by atoms with van der Waals surface area (Å²) in [6.07, 6.45) is 6.60. The summed E-state index contributed by atoms with van der Waals surface area (Å²) in [5.74, 6) is 1.61. The number of anilines is 2. The molecule has 1 aliphatic rings. The molecule has 2 atom stereocenters. The van der Waals surface area contributed by atoms with Gasteiger partial charge in [-0.2, -0.15) is 4.98 Å². The lowest BCUT2D eigenvalue weighted by Gasteiger charge is -2.35. The largest absolute Gasteiger partial charge is 0.346 e. The van der Waals surface area contributed by atoms with Crippen molar-refractivity contribution in [3.63, 3.8) is 0 Å². The molecule has 0 amide bonds. The number of hydrogen-bond donors (Lipinski definition) is 1. The van der Waals surface area contributed by atoms with Gasteiger partial charge in [-0.05, 0) is 12.5 Å². The number of nitrogens with zero attached hydrogens (tertiary/aromatic N) is 5. The average molecular weight is 328 g/mol. The second-order valence-electron chi connectivity index (χ2n) is 6.14. The van der Waals surface area contributed by atoms with Crippen molar-refractivity contribution in [2.24, 2.45) is 5.92 Å². The minimum Gasteiger partial charge on any atom is -0.346 e. The number of hydrogen-bond acceptors (Lipinski definition) is 6. The lowest BCUT2D eigenvalue weighted by molar-refractivity contribution is 0.287. The Kier molecular flexibility index (Phi) is 3.74. The van der Waals surface area contributed by atoms with Crippen LogP contribution < -0.4 is 9.80 Å². The quantitative estimate of drug-likeness (QED) is 0.751. The number of likely N-dealkylation sites (N-methyl/N-ethyl adjacent to an activating group) is 1. The van der Waals surface area contributed by atoms with Crippen LogP contribution in [-0.2, 0) is 0 Å². The summed E-state index contributed by atoms with van der Waals surface area (Å²) in [7, 11) is 2.14. The van der Waals surface area contributed by atoms with Crippen LogP contribution in [0.5, 0.6) is 0 Å². The van der Waals surface area contributed by atoms with E-state index in [2.05, 4.69) is 43.7 Å². The molecule has 4 rings (SSSR count). The van der Waals surface area contributed by atoms with Gasteiger partial charge in [-0.3, -0.25) is 0 Å². The third-order valence-electron chi connectivity index (χ3n) is 4.77. The Labute approximate surface area is 139 Å². The first kappa shape index (κ1) is 14.6. The molecule has 4 heterocycles. The smallest absolute Gasteiger partial charge is 0.288 e. The Morgan fingerprint density at radius 2 is 2.26 bits per heavy atom. The predicted octanol–water partition coefficient (Wildman–Crippen LogP) is 2.73. The molecule has 0 aliphatic carbocycles. The van der Waals surface area contributed by atoms with Crippen molar-refractivity contribution < 1.29 is 0 Å². The molecule has 7 heteroatoms. The van der Waals surface area contributed by atoms with E-state index in [1.807, 2.05) is 23.8 Å². The molecule has 1 aliphatic heterocycles. The van der Waals surface area contributed by atoms with Gasteiger partial charge in [0.1, 0.15) is 24.4 Å². The molecular weight excluding hydrogens is 308 g/mol. The lowest BCUT2D eigenvalue weighted by Crippen LogP contribution is -2.52. The fourth-order valence-electron chi connectivity index (χ4n) is 3.40. The zero-order chi connectivity index (χ0) is 15.8. The van der Waals surface area contributed by atoms with Crippen LogP contribution >= 0.6 is 11.3 Å². The van der Waals surface area contributed by atoms with Crippen molar-refractivity contribution in [3.8, 4) is 0 Å². The van der Waals surface area contributed by atoms with Crippen molar-refractivity contribution >= 4 is 33.3 Å². The van der Waals surface area contributed by atoms with Crippen molar-refractivity contribution in [1.29, 1.82) is 0 Å². The fraction of sp³-hybridized carbons (Fsp3) is 0.438. The molecule has 0 saturated carbocycles. The van der Waals surface area contributed by atoms with Gasteiger partial charge in [-0.15, -0.1) is 16.2 Å². The van der Waals surface area contributed by atoms with Crippen molar-refractivity contribution in [2.75, 3.05) is 25.0 Å². The summed E-state index contributed by atoms with van der Waals surface area (Å²) < 4.78 is 0. The Morgan fingerprint density at radius 1 is 1.35 bits per heavy atom. The van der Waals surface area contributed by atoms with E-state index in [1.54, 1.807) is 17.7 Å². The highest BCUT2D eigenvalue weighted by Crippen LogP contribution is 2.30. The van der Waals surface area contributed by atoms with E-state index in [4.69, 9.17) is 0 Å². The van der Waals surface area contributed by atoms with Crippen molar-refractivity contribution in [2.45, 2.75) is 19.4 Å². The maximum Gasteiger partial charge on any atom is 0.288 e. The second-order valence-corrected chi connectivity index (χ2v) is 7.02. The van der Waals surface area contributed by atoms with Crippen LogP contribution in [0.3, 0.4) is 0 Å². The normalized spacial score (nSPS) is 22.1. The Hall–Kier alpha value is -1.99. The molecule has 0 bridgehead atoms. The third kappa shape index (κ3) is 2.60. The van der Waals surface area contributed by atoms with Crippen LogP contribution in [0.1, 0.15) is 13.3 Å². The molecule has 6 nitrogen and oxygen atoms in total. The molecule has 0 spiro atoms. The van der Waals surface area contributed by atoms with Gasteiger partial charge in [-0.1, -0.05) is 6.92 Å². The number of thiazole rings is 1. The monoisotopic (exact) mass is 328 g/mol. The number of rotatable bonds is 3. The maximum atomic E-state index is 4.54. The number of aromatic nitrogens is 4. The van der Waals surface area contributed by atoms with E-state index in [0.717, 1.165) is 41.5 Å². The number of aromatic amines is 1. The molecule has 23 heavy (non-hydrogen) atoms. The molecule has 0 aromatic carbocycles. The van der Waals surface area contributed by atoms with Gasteiger partial charge in [0.25, 0.3) is 5.82 Å². The van der Waals surface area contributed by atoms with Crippen LogP contribution in [0, 0.1) is 5.92 Å². The number of nitrogens with one attached hydrogen (secondary N) is 1. The van der Waals surface area contributed by atoms with E-state index in [-0.39, 0.29) is 0 Å². The molecule has 2 unspecified atom stereocenters. The Balaban J connectivity index is 1.63. The van der Waals surface area contributed by atoms with E-state index < -0.39 is 0 Å². The van der Waals surface area contributed by atoms with E-state index in [1.165, 1.54) is 0 Å². The fourth-order valence-corrected chi connectivity index (χ4v) is 4.08. The van der Waals surface area contributed by atoms with Crippen LogP contribution in [0.2, 0.25) is 0 Å². The van der Waals surface area contributed by atoms with Gasteiger partial charge in [0, 0.05) is 30.2 Å². The van der Waals surface area contributed by atoms with Crippen LogP contribution in [-0.4, -0.2) is 46.1 Å². The van der Waals surface area contributed by atoms with Crippen LogP contribution in [0.25, 0.3) is 11.0 Å². The summed E-state index contributed by atoms with van der Waals surface area (Å²) >= 11 is 1.71. The van der Waals surface area contributed by atoms with E-state index in [0.29, 0.717) is 12.0 Å². The molecule has 119 valence electrons. The summed E-state index contributed by atoms with van der Waals surface area (Å²) in [5, 5.41) is 4.23. The van der Waals surface area contributed by atoms with E-state index in [9.17, 15) is 0 Å². The maximum absolute atomic E-state index is 4.54. The average Bonchev–Trinajstić information content (AvgIpc) is 3.25. The predicted molar refractivity (Wildman–Crippen MR) is 93.5 cm³/mol. The first-order chi connectivity index (χ1) is 11.2. The van der Waals surface area contributed by atoms with E-state index >= 15 is 0 Å². The van der Waals surface area contributed by atoms with Crippen molar-refractivity contribution in [3.05, 3.63) is 30.2 Å². The molecule has 3 aromatic rings. The summed E-state index contributed by atoms with van der Waals surface area (Å²) in [4.78, 5) is 21.2. The SMILES string of the molecule is CC1CCN(c2nccs2)CC1[N+](C)c1ncnc2[nH]ccc12. The van der Waals surface area contributed by atoms with Gasteiger partial charge >= 0.3 is 0 Å². The van der Waals surface area contributed by atoms with Crippen LogP contribution in [0.15, 0.2) is 30.2 Å². The van der Waals surface area contributed by atoms with Crippen LogP contribution in [0.4, 0.5) is 10.9 Å². The molecule has 1 saturated heterocycles. The van der Waals surface area contributed by atoms with Gasteiger partial charge < -0.3 is 9.88 Å². The highest BCUT2D eigenvalue weighted by atomic mass is 32.1. The second kappa shape index (κ2) is 5.90. The Morgan fingerprint density at radius 3 is 3.09 bits per heavy atom. The molecule has 1 radical (unpaired) electrons. The minimum absolute atomic E-state index is 0.403. The first-order valence-corrected chi connectivity index (χ1v) is 8.77. The summed E-state index contributed by atoms with van der Waals surface area (Å²) in [6, 6.07) is 2.45. The third-order valence-corrected chi connectivity index (χ3v) is 5.61. The lowest BCUT2D eigenvalue weighted by atomic mass is 9.92. The summed E-state index contributed by atoms with van der Waals surface area (Å²) in [6.45, 7) is 4.37. The summed E-state index contributed by atoms with van der Waals surface area (Å²) in [5.41, 5.74) is 0.891. The molecule has 1 N–H and O–H groups in total. The topological polar surface area (TPSA) is 63.6 Å².